The van der Waals surface area contributed by atoms with Gasteiger partial charge >= 0.3 is 10.2 Å². The van der Waals surface area contributed by atoms with Gasteiger partial charge in [0.25, 0.3) is 0 Å². The Morgan fingerprint density at radius 3 is 2.50 bits per heavy atom. The van der Waals surface area contributed by atoms with Crippen LogP contribution in [0, 0.1) is 11.6 Å². The van der Waals surface area contributed by atoms with Gasteiger partial charge in [-0.1, -0.05) is 0 Å². The van der Waals surface area contributed by atoms with Crippen molar-refractivity contribution in [3.05, 3.63) is 29.8 Å². The zero-order chi connectivity index (χ0) is 13.2. The number of benzene rings is 1. The monoisotopic (exact) mass is 278 g/mol. The smallest absolute Gasteiger partial charge is 0.301 e. The minimum Gasteiger partial charge on any atom is -0.379 e. The van der Waals surface area contributed by atoms with E-state index in [0.717, 1.165) is 16.4 Å². The maximum atomic E-state index is 13.3. The first-order chi connectivity index (χ1) is 8.49. The molecule has 0 aliphatic carbocycles. The highest BCUT2D eigenvalue weighted by molar-refractivity contribution is 7.90. The zero-order valence-electron chi connectivity index (χ0n) is 9.40. The van der Waals surface area contributed by atoms with Gasteiger partial charge in [-0.3, -0.25) is 4.72 Å². The maximum Gasteiger partial charge on any atom is 0.301 e. The van der Waals surface area contributed by atoms with E-state index < -0.39 is 21.8 Å². The third kappa shape index (κ3) is 2.95. The molecule has 1 heterocycles. The molecule has 0 unspecified atom stereocenters. The van der Waals surface area contributed by atoms with E-state index in [-0.39, 0.29) is 18.8 Å². The summed E-state index contributed by atoms with van der Waals surface area (Å²) in [6.07, 6.45) is 0. The molecule has 1 aromatic carbocycles. The molecular formula is C10H12F2N2O3S. The van der Waals surface area contributed by atoms with E-state index in [1.807, 2.05) is 0 Å². The Hall–Kier alpha value is -1.25. The molecule has 18 heavy (non-hydrogen) atoms. The van der Waals surface area contributed by atoms with E-state index in [9.17, 15) is 17.2 Å². The van der Waals surface area contributed by atoms with Gasteiger partial charge < -0.3 is 4.74 Å². The fraction of sp³-hybridized carbons (Fsp3) is 0.400. The molecule has 8 heteroatoms. The van der Waals surface area contributed by atoms with Gasteiger partial charge in [0.15, 0.2) is 0 Å². The summed E-state index contributed by atoms with van der Waals surface area (Å²) < 4.78 is 58.1. The number of nitrogens with zero attached hydrogens (tertiary/aromatic N) is 1. The van der Waals surface area contributed by atoms with Crippen LogP contribution < -0.4 is 4.72 Å². The Bertz CT molecular complexity index is 530. The molecule has 1 fully saturated rings. The predicted molar refractivity (Wildman–Crippen MR) is 61.3 cm³/mol. The van der Waals surface area contributed by atoms with Crippen molar-refractivity contribution in [2.45, 2.75) is 0 Å². The van der Waals surface area contributed by atoms with E-state index in [4.69, 9.17) is 4.74 Å². The highest BCUT2D eigenvalue weighted by Gasteiger charge is 2.25. The van der Waals surface area contributed by atoms with Gasteiger partial charge in [0.2, 0.25) is 0 Å². The van der Waals surface area contributed by atoms with E-state index in [2.05, 4.69) is 4.72 Å². The number of ether oxygens (including phenoxy) is 1. The molecule has 0 aromatic heterocycles. The quantitative estimate of drug-likeness (QED) is 0.895. The van der Waals surface area contributed by atoms with Gasteiger partial charge in [0.1, 0.15) is 11.6 Å². The molecule has 1 aromatic rings. The van der Waals surface area contributed by atoms with Crippen LogP contribution in [-0.2, 0) is 14.9 Å². The van der Waals surface area contributed by atoms with Gasteiger partial charge in [-0.2, -0.15) is 12.7 Å². The lowest BCUT2D eigenvalue weighted by Gasteiger charge is -2.26. The van der Waals surface area contributed by atoms with Gasteiger partial charge in [-0.25, -0.2) is 8.78 Å². The largest absolute Gasteiger partial charge is 0.379 e. The number of anilines is 1. The number of hydrogen-bond donors (Lipinski definition) is 1. The Morgan fingerprint density at radius 2 is 1.89 bits per heavy atom. The Labute approximate surface area is 104 Å². The van der Waals surface area contributed by atoms with Crippen LogP contribution in [0.1, 0.15) is 0 Å². The molecule has 0 atom stereocenters. The first kappa shape index (κ1) is 13.2. The Morgan fingerprint density at radius 1 is 1.22 bits per heavy atom. The van der Waals surface area contributed by atoms with E-state index >= 15 is 0 Å². The van der Waals surface area contributed by atoms with Crippen molar-refractivity contribution in [1.29, 1.82) is 0 Å². The second-order valence-corrected chi connectivity index (χ2v) is 5.41. The van der Waals surface area contributed by atoms with E-state index in [1.54, 1.807) is 0 Å². The van der Waals surface area contributed by atoms with Crippen LogP contribution in [0.3, 0.4) is 0 Å². The molecular weight excluding hydrogens is 266 g/mol. The van der Waals surface area contributed by atoms with Gasteiger partial charge in [-0.15, -0.1) is 0 Å². The lowest BCUT2D eigenvalue weighted by molar-refractivity contribution is 0.0733. The maximum absolute atomic E-state index is 13.3. The van der Waals surface area contributed by atoms with Crippen LogP contribution in [0.2, 0.25) is 0 Å². The topological polar surface area (TPSA) is 58.6 Å². The first-order valence-corrected chi connectivity index (χ1v) is 6.74. The first-order valence-electron chi connectivity index (χ1n) is 5.30. The second kappa shape index (κ2) is 5.17. The highest BCUT2D eigenvalue weighted by atomic mass is 32.2. The van der Waals surface area contributed by atoms with Crippen LogP contribution in [0.25, 0.3) is 0 Å². The molecule has 0 amide bonds. The normalized spacial score (nSPS) is 17.7. The molecule has 1 N–H and O–H groups in total. The molecule has 0 radical (unpaired) electrons. The molecule has 0 bridgehead atoms. The third-order valence-electron chi connectivity index (χ3n) is 2.48. The molecule has 2 rings (SSSR count). The minimum atomic E-state index is -3.83. The Balaban J connectivity index is 2.16. The SMILES string of the molecule is O=S(=O)(Nc1ccc(F)cc1F)N1CCOCC1. The zero-order valence-corrected chi connectivity index (χ0v) is 10.2. The molecule has 1 aliphatic heterocycles. The predicted octanol–water partition coefficient (Wildman–Crippen LogP) is 0.954. The summed E-state index contributed by atoms with van der Waals surface area (Å²) in [5, 5.41) is 0. The van der Waals surface area contributed by atoms with Crippen LogP contribution in [0.4, 0.5) is 14.5 Å². The lowest BCUT2D eigenvalue weighted by Crippen LogP contribution is -2.43. The summed E-state index contributed by atoms with van der Waals surface area (Å²) in [5.41, 5.74) is -0.275. The van der Waals surface area contributed by atoms with Crippen molar-refractivity contribution in [1.82, 2.24) is 4.31 Å². The van der Waals surface area contributed by atoms with E-state index in [0.29, 0.717) is 19.3 Å². The number of hydrogen-bond acceptors (Lipinski definition) is 3. The van der Waals surface area contributed by atoms with Gasteiger partial charge in [0, 0.05) is 19.2 Å². The minimum absolute atomic E-state index is 0.206. The molecule has 0 saturated carbocycles. The molecule has 5 nitrogen and oxygen atoms in total. The van der Waals surface area contributed by atoms with Crippen LogP contribution in [0.5, 0.6) is 0 Å². The number of rotatable bonds is 3. The number of morpholine rings is 1. The third-order valence-corrected chi connectivity index (χ3v) is 4.00. The lowest BCUT2D eigenvalue weighted by atomic mass is 10.3. The average Bonchev–Trinajstić information content (AvgIpc) is 2.34. The fourth-order valence-electron chi connectivity index (χ4n) is 1.56. The summed E-state index contributed by atoms with van der Waals surface area (Å²) in [4.78, 5) is 0. The summed E-state index contributed by atoms with van der Waals surface area (Å²) in [7, 11) is -3.83. The van der Waals surface area contributed by atoms with Gasteiger partial charge in [-0.05, 0) is 12.1 Å². The van der Waals surface area contributed by atoms with Gasteiger partial charge in [0.05, 0.1) is 18.9 Å². The van der Waals surface area contributed by atoms with E-state index in [1.165, 1.54) is 0 Å². The molecule has 1 aliphatic rings. The van der Waals surface area contributed by atoms with Crippen LogP contribution in [0.15, 0.2) is 18.2 Å². The molecule has 0 spiro atoms. The number of halogens is 2. The molecule has 1 saturated heterocycles. The van der Waals surface area contributed by atoms with Crippen molar-refractivity contribution in [2.24, 2.45) is 0 Å². The second-order valence-electron chi connectivity index (χ2n) is 3.74. The summed E-state index contributed by atoms with van der Waals surface area (Å²) >= 11 is 0. The highest BCUT2D eigenvalue weighted by Crippen LogP contribution is 2.18. The standard InChI is InChI=1S/C10H12F2N2O3S/c11-8-1-2-10(9(12)7-8)13-18(15,16)14-3-5-17-6-4-14/h1-2,7,13H,3-6H2. The average molecular weight is 278 g/mol. The summed E-state index contributed by atoms with van der Waals surface area (Å²) in [6.45, 7) is 1.01. The van der Waals surface area contributed by atoms with Crippen molar-refractivity contribution < 1.29 is 21.9 Å². The van der Waals surface area contributed by atoms with Crippen molar-refractivity contribution >= 4 is 15.9 Å². The van der Waals surface area contributed by atoms with Crippen LogP contribution in [-0.4, -0.2) is 39.0 Å². The molecule has 100 valence electrons. The summed E-state index contributed by atoms with van der Waals surface area (Å²) in [5.74, 6) is -1.71. The van der Waals surface area contributed by atoms with Crippen molar-refractivity contribution in [2.75, 3.05) is 31.0 Å². The van der Waals surface area contributed by atoms with Crippen LogP contribution >= 0.6 is 0 Å². The number of nitrogens with one attached hydrogen (secondary N) is 1. The van der Waals surface area contributed by atoms with Crippen molar-refractivity contribution in [3.63, 3.8) is 0 Å². The Kier molecular flexibility index (Phi) is 3.79. The summed E-state index contributed by atoms with van der Waals surface area (Å²) in [6, 6.07) is 2.65. The van der Waals surface area contributed by atoms with Crippen molar-refractivity contribution in [3.8, 4) is 0 Å². The fourth-order valence-corrected chi connectivity index (χ4v) is 2.77.